The number of likely N-dealkylation sites (N-methyl/N-ethyl adjacent to an activating group) is 1. The fourth-order valence-corrected chi connectivity index (χ4v) is 3.63. The third kappa shape index (κ3) is 4.84. The minimum atomic E-state index is -0.199. The summed E-state index contributed by atoms with van der Waals surface area (Å²) in [6.45, 7) is 1.93. The van der Waals surface area contributed by atoms with Crippen LogP contribution < -0.4 is 11.0 Å². The van der Waals surface area contributed by atoms with Crippen molar-refractivity contribution in [2.45, 2.75) is 44.1 Å². The maximum atomic E-state index is 12.5. The molecule has 0 saturated carbocycles. The second-order valence-electron chi connectivity index (χ2n) is 7.07. The Morgan fingerprint density at radius 1 is 1.41 bits per heavy atom. The molecule has 3 rings (SSSR count). The monoisotopic (exact) mass is 393 g/mol. The molecule has 1 unspecified atom stereocenters. The van der Waals surface area contributed by atoms with Gasteiger partial charge in [-0.3, -0.25) is 9.36 Å². The average Bonchev–Trinajstić information content (AvgIpc) is 3.15. The Balaban J connectivity index is 1.59. The molecular formula is C18H27N5O3S. The quantitative estimate of drug-likeness (QED) is 0.761. The van der Waals surface area contributed by atoms with Crippen molar-refractivity contribution in [2.24, 2.45) is 0 Å². The van der Waals surface area contributed by atoms with Gasteiger partial charge in [0, 0.05) is 25.6 Å². The van der Waals surface area contributed by atoms with Crippen LogP contribution in [0, 0.1) is 0 Å². The van der Waals surface area contributed by atoms with Crippen LogP contribution in [0.2, 0.25) is 0 Å². The van der Waals surface area contributed by atoms with E-state index in [1.807, 2.05) is 31.3 Å². The van der Waals surface area contributed by atoms with Gasteiger partial charge in [-0.1, -0.05) is 0 Å². The van der Waals surface area contributed by atoms with E-state index in [0.29, 0.717) is 31.7 Å². The highest BCUT2D eigenvalue weighted by Crippen LogP contribution is 2.16. The summed E-state index contributed by atoms with van der Waals surface area (Å²) in [5.74, 6) is 2.49. The minimum Gasteiger partial charge on any atom is -0.455 e. The molecule has 0 bridgehead atoms. The Labute approximate surface area is 162 Å². The molecule has 0 aliphatic carbocycles. The SMILES string of the molecule is CSCc1ccc(C(=O)NC2CCc3nn(CCN(C)C)c(=O)n3CC2)o1. The number of hydrogen-bond donors (Lipinski definition) is 1. The molecule has 0 saturated heterocycles. The topological polar surface area (TPSA) is 85.3 Å². The number of furan rings is 1. The van der Waals surface area contributed by atoms with E-state index in [1.165, 1.54) is 0 Å². The third-order valence-electron chi connectivity index (χ3n) is 4.68. The maximum Gasteiger partial charge on any atom is 0.345 e. The van der Waals surface area contributed by atoms with Crippen molar-refractivity contribution in [1.29, 1.82) is 0 Å². The number of amides is 1. The highest BCUT2D eigenvalue weighted by atomic mass is 32.2. The fraction of sp³-hybridized carbons (Fsp3) is 0.611. The first-order valence-electron chi connectivity index (χ1n) is 9.17. The molecule has 1 amide bonds. The molecule has 1 N–H and O–H groups in total. The summed E-state index contributed by atoms with van der Waals surface area (Å²) in [6.07, 6.45) is 4.13. The van der Waals surface area contributed by atoms with Gasteiger partial charge < -0.3 is 14.6 Å². The molecule has 1 atom stereocenters. The summed E-state index contributed by atoms with van der Waals surface area (Å²) in [4.78, 5) is 27.0. The lowest BCUT2D eigenvalue weighted by molar-refractivity contribution is 0.0903. The van der Waals surface area contributed by atoms with Crippen LogP contribution in [0.15, 0.2) is 21.3 Å². The molecule has 1 aliphatic rings. The standard InChI is InChI=1S/C18H27N5O3S/c1-21(2)10-11-23-18(25)22-9-8-13(4-7-16(22)20-23)19-17(24)15-6-5-14(26-15)12-27-3/h5-6,13H,4,7-12H2,1-3H3,(H,19,24). The first-order valence-corrected chi connectivity index (χ1v) is 10.6. The van der Waals surface area contributed by atoms with E-state index < -0.39 is 0 Å². The fourth-order valence-electron chi connectivity index (χ4n) is 3.19. The smallest absolute Gasteiger partial charge is 0.345 e. The Morgan fingerprint density at radius 3 is 2.96 bits per heavy atom. The van der Waals surface area contributed by atoms with E-state index >= 15 is 0 Å². The zero-order chi connectivity index (χ0) is 19.4. The van der Waals surface area contributed by atoms with Crippen LogP contribution in [0.5, 0.6) is 0 Å². The van der Waals surface area contributed by atoms with E-state index in [2.05, 4.69) is 10.4 Å². The summed E-state index contributed by atoms with van der Waals surface area (Å²) in [5.41, 5.74) is -0.0634. The van der Waals surface area contributed by atoms with Gasteiger partial charge >= 0.3 is 5.69 Å². The van der Waals surface area contributed by atoms with Gasteiger partial charge in [0.15, 0.2) is 5.76 Å². The van der Waals surface area contributed by atoms with Crippen LogP contribution in [-0.2, 0) is 25.3 Å². The van der Waals surface area contributed by atoms with Gasteiger partial charge in [-0.05, 0) is 45.3 Å². The Bertz CT molecular complexity index is 838. The Kier molecular flexibility index (Phi) is 6.43. The molecule has 9 heteroatoms. The largest absolute Gasteiger partial charge is 0.455 e. The van der Waals surface area contributed by atoms with Crippen molar-refractivity contribution in [3.63, 3.8) is 0 Å². The summed E-state index contributed by atoms with van der Waals surface area (Å²) < 4.78 is 8.87. The number of rotatable bonds is 7. The van der Waals surface area contributed by atoms with Crippen molar-refractivity contribution in [2.75, 3.05) is 26.9 Å². The molecule has 148 valence electrons. The van der Waals surface area contributed by atoms with E-state index in [1.54, 1.807) is 27.1 Å². The average molecular weight is 394 g/mol. The van der Waals surface area contributed by atoms with Crippen LogP contribution >= 0.6 is 11.8 Å². The van der Waals surface area contributed by atoms with E-state index in [-0.39, 0.29) is 17.6 Å². The first kappa shape index (κ1) is 19.8. The second-order valence-corrected chi connectivity index (χ2v) is 7.94. The molecule has 3 heterocycles. The summed E-state index contributed by atoms with van der Waals surface area (Å²) in [6, 6.07) is 3.55. The number of nitrogens with one attached hydrogen (secondary N) is 1. The number of aromatic nitrogens is 3. The van der Waals surface area contributed by atoms with Crippen molar-refractivity contribution >= 4 is 17.7 Å². The van der Waals surface area contributed by atoms with Crippen molar-refractivity contribution in [3.8, 4) is 0 Å². The third-order valence-corrected chi connectivity index (χ3v) is 5.26. The zero-order valence-corrected chi connectivity index (χ0v) is 16.9. The second kappa shape index (κ2) is 8.79. The van der Waals surface area contributed by atoms with Crippen molar-refractivity contribution < 1.29 is 9.21 Å². The van der Waals surface area contributed by atoms with Gasteiger partial charge in [0.2, 0.25) is 0 Å². The predicted octanol–water partition coefficient (Wildman–Crippen LogP) is 1.20. The number of thioether (sulfide) groups is 1. The number of hydrogen-bond acceptors (Lipinski definition) is 6. The molecule has 0 radical (unpaired) electrons. The molecule has 0 spiro atoms. The molecule has 8 nitrogen and oxygen atoms in total. The van der Waals surface area contributed by atoms with Crippen LogP contribution in [0.4, 0.5) is 0 Å². The van der Waals surface area contributed by atoms with Crippen LogP contribution in [0.1, 0.15) is 35.0 Å². The predicted molar refractivity (Wildman–Crippen MR) is 105 cm³/mol. The number of nitrogens with zero attached hydrogens (tertiary/aromatic N) is 4. The molecule has 27 heavy (non-hydrogen) atoms. The summed E-state index contributed by atoms with van der Waals surface area (Å²) in [5, 5.41) is 7.52. The molecule has 2 aromatic heterocycles. The molecule has 2 aromatic rings. The first-order chi connectivity index (χ1) is 13.0. The lowest BCUT2D eigenvalue weighted by atomic mass is 10.1. The van der Waals surface area contributed by atoms with E-state index in [4.69, 9.17) is 4.42 Å². The summed E-state index contributed by atoms with van der Waals surface area (Å²) >= 11 is 1.65. The lowest BCUT2D eigenvalue weighted by Crippen LogP contribution is -2.35. The highest BCUT2D eigenvalue weighted by molar-refractivity contribution is 7.97. The van der Waals surface area contributed by atoms with E-state index in [9.17, 15) is 9.59 Å². The summed E-state index contributed by atoms with van der Waals surface area (Å²) in [7, 11) is 3.95. The molecule has 0 fully saturated rings. The number of aryl methyl sites for hydroxylation is 1. The lowest BCUT2D eigenvalue weighted by Gasteiger charge is -2.15. The maximum absolute atomic E-state index is 12.5. The van der Waals surface area contributed by atoms with E-state index in [0.717, 1.165) is 30.3 Å². The van der Waals surface area contributed by atoms with Crippen LogP contribution in [0.25, 0.3) is 0 Å². The van der Waals surface area contributed by atoms with Gasteiger partial charge in [0.05, 0.1) is 12.3 Å². The highest BCUT2D eigenvalue weighted by Gasteiger charge is 2.23. The zero-order valence-electron chi connectivity index (χ0n) is 16.1. The molecule has 1 aliphatic heterocycles. The van der Waals surface area contributed by atoms with Gasteiger partial charge in [0.1, 0.15) is 11.6 Å². The molecular weight excluding hydrogens is 366 g/mol. The normalized spacial score (nSPS) is 17.0. The van der Waals surface area contributed by atoms with Crippen molar-refractivity contribution in [1.82, 2.24) is 24.6 Å². The van der Waals surface area contributed by atoms with Crippen LogP contribution in [-0.4, -0.2) is 58.1 Å². The van der Waals surface area contributed by atoms with Gasteiger partial charge in [-0.2, -0.15) is 16.9 Å². The number of carbonyl (C=O) groups is 1. The van der Waals surface area contributed by atoms with Crippen LogP contribution in [0.3, 0.4) is 0 Å². The van der Waals surface area contributed by atoms with Gasteiger partial charge in [-0.25, -0.2) is 9.48 Å². The number of carbonyl (C=O) groups excluding carboxylic acids is 1. The van der Waals surface area contributed by atoms with Crippen molar-refractivity contribution in [3.05, 3.63) is 40.0 Å². The van der Waals surface area contributed by atoms with Gasteiger partial charge in [-0.15, -0.1) is 0 Å². The Morgan fingerprint density at radius 2 is 2.22 bits per heavy atom. The molecule has 0 aromatic carbocycles. The minimum absolute atomic E-state index is 0.00271. The van der Waals surface area contributed by atoms with Gasteiger partial charge in [0.25, 0.3) is 5.91 Å². The Hall–Kier alpha value is -2.00. The number of fused-ring (bicyclic) bond motifs is 1.